The molecule has 11 heavy (non-hydrogen) atoms. The predicted molar refractivity (Wildman–Crippen MR) is 51.6 cm³/mol. The molecule has 0 rings (SSSR count). The minimum absolute atomic E-state index is 0.923. The Kier molecular flexibility index (Phi) is 6.75. The standard InChI is InChI=1S/C10H17N/c1-4-7-10(8-5-2)9-11-6-3/h4-5,7-8,11H,1,6,9H2,2-3H3/b8-5-,10-7+. The van der Waals surface area contributed by atoms with Crippen LogP contribution in [0.2, 0.25) is 0 Å². The summed E-state index contributed by atoms with van der Waals surface area (Å²) in [4.78, 5) is 0. The minimum atomic E-state index is 0.923. The van der Waals surface area contributed by atoms with Crippen LogP contribution < -0.4 is 5.32 Å². The average Bonchev–Trinajstić information content (AvgIpc) is 2.01. The van der Waals surface area contributed by atoms with Crippen LogP contribution in [0.4, 0.5) is 0 Å². The van der Waals surface area contributed by atoms with Gasteiger partial charge in [0.2, 0.25) is 0 Å². The summed E-state index contributed by atoms with van der Waals surface area (Å²) in [7, 11) is 0. The fourth-order valence-electron chi connectivity index (χ4n) is 0.808. The van der Waals surface area contributed by atoms with Gasteiger partial charge in [-0.05, 0) is 19.0 Å². The first kappa shape index (κ1) is 10.2. The van der Waals surface area contributed by atoms with Gasteiger partial charge < -0.3 is 5.32 Å². The zero-order chi connectivity index (χ0) is 8.53. The molecule has 0 saturated heterocycles. The summed E-state index contributed by atoms with van der Waals surface area (Å²) in [5, 5.41) is 3.25. The third-order valence-corrected chi connectivity index (χ3v) is 1.29. The Morgan fingerprint density at radius 1 is 1.55 bits per heavy atom. The van der Waals surface area contributed by atoms with Gasteiger partial charge in [-0.25, -0.2) is 0 Å². The molecule has 62 valence electrons. The maximum atomic E-state index is 3.65. The smallest absolute Gasteiger partial charge is 0.0205 e. The van der Waals surface area contributed by atoms with Crippen LogP contribution in [-0.2, 0) is 0 Å². The van der Waals surface area contributed by atoms with Crippen molar-refractivity contribution in [2.75, 3.05) is 13.1 Å². The molecular weight excluding hydrogens is 134 g/mol. The van der Waals surface area contributed by atoms with Crippen LogP contribution in [0.1, 0.15) is 13.8 Å². The molecule has 0 aliphatic heterocycles. The largest absolute Gasteiger partial charge is 0.313 e. The normalized spacial score (nSPS) is 12.4. The second-order valence-corrected chi connectivity index (χ2v) is 2.26. The fourth-order valence-corrected chi connectivity index (χ4v) is 0.808. The van der Waals surface area contributed by atoms with E-state index in [4.69, 9.17) is 0 Å². The second-order valence-electron chi connectivity index (χ2n) is 2.26. The highest BCUT2D eigenvalue weighted by Gasteiger charge is 1.86. The highest BCUT2D eigenvalue weighted by atomic mass is 14.8. The molecule has 0 amide bonds. The van der Waals surface area contributed by atoms with E-state index in [1.807, 2.05) is 25.2 Å². The Balaban J connectivity index is 3.89. The van der Waals surface area contributed by atoms with Gasteiger partial charge in [0.15, 0.2) is 0 Å². The predicted octanol–water partition coefficient (Wildman–Crippen LogP) is 2.28. The van der Waals surface area contributed by atoms with Crippen molar-refractivity contribution in [2.24, 2.45) is 0 Å². The van der Waals surface area contributed by atoms with Crippen molar-refractivity contribution in [3.05, 3.63) is 36.5 Å². The van der Waals surface area contributed by atoms with Crippen LogP contribution in [-0.4, -0.2) is 13.1 Å². The van der Waals surface area contributed by atoms with E-state index in [-0.39, 0.29) is 0 Å². The molecule has 0 aromatic carbocycles. The highest BCUT2D eigenvalue weighted by molar-refractivity contribution is 5.23. The number of allylic oxidation sites excluding steroid dienone is 3. The second kappa shape index (κ2) is 7.29. The lowest BCUT2D eigenvalue weighted by atomic mass is 10.2. The van der Waals surface area contributed by atoms with Gasteiger partial charge in [-0.15, -0.1) is 0 Å². The number of likely N-dealkylation sites (N-methyl/N-ethyl adjacent to an activating group) is 1. The lowest BCUT2D eigenvalue weighted by Gasteiger charge is -2.00. The lowest BCUT2D eigenvalue weighted by Crippen LogP contribution is -2.15. The Morgan fingerprint density at radius 3 is 2.73 bits per heavy atom. The summed E-state index contributed by atoms with van der Waals surface area (Å²) in [6.45, 7) is 9.70. The van der Waals surface area contributed by atoms with Gasteiger partial charge in [0.1, 0.15) is 0 Å². The summed E-state index contributed by atoms with van der Waals surface area (Å²) in [6.07, 6.45) is 7.95. The van der Waals surface area contributed by atoms with E-state index in [0.717, 1.165) is 13.1 Å². The Morgan fingerprint density at radius 2 is 2.27 bits per heavy atom. The maximum absolute atomic E-state index is 3.65. The Bertz CT molecular complexity index is 154. The van der Waals surface area contributed by atoms with Crippen LogP contribution in [0.15, 0.2) is 36.5 Å². The van der Waals surface area contributed by atoms with Crippen molar-refractivity contribution in [1.29, 1.82) is 0 Å². The average molecular weight is 151 g/mol. The minimum Gasteiger partial charge on any atom is -0.313 e. The van der Waals surface area contributed by atoms with Gasteiger partial charge in [-0.1, -0.05) is 37.8 Å². The zero-order valence-corrected chi connectivity index (χ0v) is 7.43. The molecule has 0 heterocycles. The molecule has 0 aromatic heterocycles. The Hall–Kier alpha value is -0.820. The van der Waals surface area contributed by atoms with Crippen molar-refractivity contribution in [1.82, 2.24) is 5.32 Å². The monoisotopic (exact) mass is 151 g/mol. The lowest BCUT2D eigenvalue weighted by molar-refractivity contribution is 0.785. The summed E-state index contributed by atoms with van der Waals surface area (Å²) in [5.41, 5.74) is 1.27. The molecule has 0 spiro atoms. The number of rotatable bonds is 5. The Labute approximate surface area is 69.5 Å². The van der Waals surface area contributed by atoms with Crippen molar-refractivity contribution >= 4 is 0 Å². The van der Waals surface area contributed by atoms with E-state index in [2.05, 4.69) is 24.9 Å². The first-order chi connectivity index (χ1) is 5.35. The molecule has 0 aliphatic rings. The first-order valence-corrected chi connectivity index (χ1v) is 4.00. The molecular formula is C10H17N. The molecule has 0 aliphatic carbocycles. The number of hydrogen-bond acceptors (Lipinski definition) is 1. The zero-order valence-electron chi connectivity index (χ0n) is 7.43. The van der Waals surface area contributed by atoms with Crippen LogP contribution in [0.25, 0.3) is 0 Å². The van der Waals surface area contributed by atoms with Crippen molar-refractivity contribution in [3.63, 3.8) is 0 Å². The first-order valence-electron chi connectivity index (χ1n) is 4.00. The summed E-state index contributed by atoms with van der Waals surface area (Å²) in [6, 6.07) is 0. The fraction of sp³-hybridized carbons (Fsp3) is 0.400. The molecule has 0 unspecified atom stereocenters. The van der Waals surface area contributed by atoms with E-state index in [0.29, 0.717) is 0 Å². The van der Waals surface area contributed by atoms with Crippen LogP contribution in [0.3, 0.4) is 0 Å². The van der Waals surface area contributed by atoms with Gasteiger partial charge in [0.05, 0.1) is 0 Å². The van der Waals surface area contributed by atoms with E-state index in [9.17, 15) is 0 Å². The van der Waals surface area contributed by atoms with Gasteiger partial charge in [-0.2, -0.15) is 0 Å². The SMILES string of the molecule is C=C/C=C(\C=C/C)CNCC. The van der Waals surface area contributed by atoms with Crippen LogP contribution in [0.5, 0.6) is 0 Å². The van der Waals surface area contributed by atoms with E-state index in [1.165, 1.54) is 5.57 Å². The van der Waals surface area contributed by atoms with E-state index < -0.39 is 0 Å². The van der Waals surface area contributed by atoms with Gasteiger partial charge in [0.25, 0.3) is 0 Å². The maximum Gasteiger partial charge on any atom is 0.0205 e. The summed E-state index contributed by atoms with van der Waals surface area (Å²) >= 11 is 0. The van der Waals surface area contributed by atoms with Crippen LogP contribution >= 0.6 is 0 Å². The van der Waals surface area contributed by atoms with E-state index in [1.54, 1.807) is 0 Å². The third kappa shape index (κ3) is 5.62. The number of nitrogens with one attached hydrogen (secondary N) is 1. The molecule has 1 N–H and O–H groups in total. The van der Waals surface area contributed by atoms with Gasteiger partial charge in [0, 0.05) is 6.54 Å². The molecule has 0 fully saturated rings. The summed E-state index contributed by atoms with van der Waals surface area (Å²) in [5.74, 6) is 0. The van der Waals surface area contributed by atoms with Crippen molar-refractivity contribution in [3.8, 4) is 0 Å². The molecule has 1 nitrogen and oxygen atoms in total. The van der Waals surface area contributed by atoms with Crippen molar-refractivity contribution < 1.29 is 0 Å². The van der Waals surface area contributed by atoms with Gasteiger partial charge in [-0.3, -0.25) is 0 Å². The van der Waals surface area contributed by atoms with Crippen molar-refractivity contribution in [2.45, 2.75) is 13.8 Å². The molecule has 0 saturated carbocycles. The molecule has 0 bridgehead atoms. The highest BCUT2D eigenvalue weighted by Crippen LogP contribution is 1.94. The molecule has 0 radical (unpaired) electrons. The van der Waals surface area contributed by atoms with E-state index >= 15 is 0 Å². The van der Waals surface area contributed by atoms with Crippen LogP contribution in [0, 0.1) is 0 Å². The molecule has 0 atom stereocenters. The third-order valence-electron chi connectivity index (χ3n) is 1.29. The topological polar surface area (TPSA) is 12.0 Å². The number of hydrogen-bond donors (Lipinski definition) is 1. The molecule has 1 heteroatoms. The van der Waals surface area contributed by atoms with Gasteiger partial charge >= 0.3 is 0 Å². The quantitative estimate of drug-likeness (QED) is 0.594. The summed E-state index contributed by atoms with van der Waals surface area (Å²) < 4.78 is 0. The molecule has 0 aromatic rings.